The molecule has 4 heteroatoms. The summed E-state index contributed by atoms with van der Waals surface area (Å²) < 4.78 is 1.29. The first-order valence-corrected chi connectivity index (χ1v) is 6.46. The fraction of sp³-hybridized carbons (Fsp3) is 0.308. The molecule has 0 aliphatic heterocycles. The first kappa shape index (κ1) is 11.9. The number of hydrogen-bond donors (Lipinski definition) is 1. The van der Waals surface area contributed by atoms with Crippen LogP contribution in [0.15, 0.2) is 29.6 Å². The van der Waals surface area contributed by atoms with Gasteiger partial charge in [0.25, 0.3) is 0 Å². The molecule has 0 bridgehead atoms. The molecule has 2 aromatic rings. The predicted molar refractivity (Wildman–Crippen MR) is 73.6 cm³/mol. The van der Waals surface area contributed by atoms with Gasteiger partial charge in [-0.15, -0.1) is 11.3 Å². The van der Waals surface area contributed by atoms with Crippen LogP contribution in [0.2, 0.25) is 0 Å². The maximum atomic E-state index is 11.4. The van der Waals surface area contributed by atoms with Gasteiger partial charge in [0, 0.05) is 37.4 Å². The Bertz CT molecular complexity index is 519. The number of fused-ring (bicyclic) bond motifs is 1. The Kier molecular flexibility index (Phi) is 3.64. The van der Waals surface area contributed by atoms with Gasteiger partial charge in [0.2, 0.25) is 5.91 Å². The van der Waals surface area contributed by atoms with Crippen LogP contribution in [-0.2, 0) is 4.79 Å². The first-order valence-electron chi connectivity index (χ1n) is 5.58. The zero-order chi connectivity index (χ0) is 12.3. The lowest BCUT2D eigenvalue weighted by Crippen LogP contribution is -2.23. The lowest BCUT2D eigenvalue weighted by molar-refractivity contribution is -0.128. The van der Waals surface area contributed by atoms with Gasteiger partial charge in [0.15, 0.2) is 0 Å². The van der Waals surface area contributed by atoms with Crippen LogP contribution in [0.4, 0.5) is 5.69 Å². The molecule has 1 N–H and O–H groups in total. The fourth-order valence-electron chi connectivity index (χ4n) is 1.61. The molecular weight excluding hydrogens is 232 g/mol. The average molecular weight is 248 g/mol. The van der Waals surface area contributed by atoms with Crippen molar-refractivity contribution in [2.75, 3.05) is 26.0 Å². The van der Waals surface area contributed by atoms with Crippen molar-refractivity contribution >= 4 is 33.0 Å². The Balaban J connectivity index is 1.92. The van der Waals surface area contributed by atoms with Crippen LogP contribution >= 0.6 is 11.3 Å². The molecule has 1 aromatic heterocycles. The van der Waals surface area contributed by atoms with Crippen molar-refractivity contribution in [3.63, 3.8) is 0 Å². The lowest BCUT2D eigenvalue weighted by atomic mass is 10.2. The fourth-order valence-corrected chi connectivity index (χ4v) is 2.38. The van der Waals surface area contributed by atoms with Crippen molar-refractivity contribution in [3.05, 3.63) is 29.6 Å². The van der Waals surface area contributed by atoms with Crippen LogP contribution in [0.25, 0.3) is 10.1 Å². The topological polar surface area (TPSA) is 32.3 Å². The third kappa shape index (κ3) is 2.97. The molecule has 17 heavy (non-hydrogen) atoms. The summed E-state index contributed by atoms with van der Waals surface area (Å²) >= 11 is 1.74. The number of carbonyl (C=O) groups is 1. The van der Waals surface area contributed by atoms with E-state index in [1.54, 1.807) is 30.3 Å². The van der Waals surface area contributed by atoms with E-state index in [4.69, 9.17) is 0 Å². The van der Waals surface area contributed by atoms with Gasteiger partial charge in [0.1, 0.15) is 0 Å². The average Bonchev–Trinajstić information content (AvgIpc) is 2.75. The summed E-state index contributed by atoms with van der Waals surface area (Å²) in [4.78, 5) is 13.0. The van der Waals surface area contributed by atoms with Crippen molar-refractivity contribution in [2.24, 2.45) is 0 Å². The quantitative estimate of drug-likeness (QED) is 0.902. The van der Waals surface area contributed by atoms with Crippen LogP contribution in [0.3, 0.4) is 0 Å². The second-order valence-corrected chi connectivity index (χ2v) is 5.09. The van der Waals surface area contributed by atoms with Crippen molar-refractivity contribution < 1.29 is 4.79 Å². The minimum atomic E-state index is 0.147. The lowest BCUT2D eigenvalue weighted by Gasteiger charge is -2.11. The van der Waals surface area contributed by atoms with Gasteiger partial charge in [-0.1, -0.05) is 0 Å². The first-order chi connectivity index (χ1) is 8.16. The third-order valence-corrected chi connectivity index (χ3v) is 3.52. The second-order valence-electron chi connectivity index (χ2n) is 4.14. The zero-order valence-electron chi connectivity index (χ0n) is 10.1. The molecule has 1 heterocycles. The number of hydrogen-bond acceptors (Lipinski definition) is 3. The van der Waals surface area contributed by atoms with Gasteiger partial charge in [-0.2, -0.15) is 0 Å². The van der Waals surface area contributed by atoms with Gasteiger partial charge in [-0.3, -0.25) is 4.79 Å². The molecule has 0 aliphatic carbocycles. The van der Waals surface area contributed by atoms with E-state index in [1.165, 1.54) is 10.1 Å². The Labute approximate surface area is 105 Å². The van der Waals surface area contributed by atoms with Gasteiger partial charge >= 0.3 is 0 Å². The highest BCUT2D eigenvalue weighted by molar-refractivity contribution is 7.17. The van der Waals surface area contributed by atoms with E-state index in [2.05, 4.69) is 35.0 Å². The molecule has 0 saturated carbocycles. The molecular formula is C13H16N2OS. The molecule has 0 spiro atoms. The maximum Gasteiger partial charge on any atom is 0.223 e. The molecule has 90 valence electrons. The summed E-state index contributed by atoms with van der Waals surface area (Å²) in [5.41, 5.74) is 1.07. The molecule has 0 fully saturated rings. The van der Waals surface area contributed by atoms with Crippen molar-refractivity contribution in [1.29, 1.82) is 0 Å². The molecule has 3 nitrogen and oxygen atoms in total. The third-order valence-electron chi connectivity index (χ3n) is 2.62. The number of rotatable bonds is 4. The van der Waals surface area contributed by atoms with Crippen LogP contribution in [0.1, 0.15) is 6.42 Å². The SMILES string of the molecule is CN(C)C(=O)CCNc1ccc2sccc2c1. The highest BCUT2D eigenvalue weighted by Gasteiger charge is 2.03. The summed E-state index contributed by atoms with van der Waals surface area (Å²) in [5, 5.41) is 6.61. The number of carbonyl (C=O) groups excluding carboxylic acids is 1. The van der Waals surface area contributed by atoms with Crippen molar-refractivity contribution in [3.8, 4) is 0 Å². The normalized spacial score (nSPS) is 10.5. The second kappa shape index (κ2) is 5.19. The molecule has 0 saturated heterocycles. The van der Waals surface area contributed by atoms with Gasteiger partial charge < -0.3 is 10.2 Å². The molecule has 0 radical (unpaired) electrons. The van der Waals surface area contributed by atoms with E-state index < -0.39 is 0 Å². The number of nitrogens with one attached hydrogen (secondary N) is 1. The van der Waals surface area contributed by atoms with E-state index >= 15 is 0 Å². The number of benzene rings is 1. The standard InChI is InChI=1S/C13H16N2OS/c1-15(2)13(16)5-7-14-11-3-4-12-10(9-11)6-8-17-12/h3-4,6,8-9,14H,5,7H2,1-2H3. The van der Waals surface area contributed by atoms with Gasteiger partial charge in [-0.25, -0.2) is 0 Å². The van der Waals surface area contributed by atoms with Crippen molar-refractivity contribution in [1.82, 2.24) is 4.90 Å². The van der Waals surface area contributed by atoms with Crippen molar-refractivity contribution in [2.45, 2.75) is 6.42 Å². The highest BCUT2D eigenvalue weighted by Crippen LogP contribution is 2.23. The Morgan fingerprint density at radius 1 is 1.35 bits per heavy atom. The Morgan fingerprint density at radius 3 is 2.94 bits per heavy atom. The summed E-state index contributed by atoms with van der Waals surface area (Å²) in [6.45, 7) is 0.673. The largest absolute Gasteiger partial charge is 0.385 e. The number of nitrogens with zero attached hydrogens (tertiary/aromatic N) is 1. The van der Waals surface area contributed by atoms with E-state index in [0.29, 0.717) is 13.0 Å². The minimum absolute atomic E-state index is 0.147. The molecule has 0 aliphatic rings. The van der Waals surface area contributed by atoms with E-state index in [9.17, 15) is 4.79 Å². The van der Waals surface area contributed by atoms with Crippen LogP contribution in [0.5, 0.6) is 0 Å². The minimum Gasteiger partial charge on any atom is -0.385 e. The number of anilines is 1. The Morgan fingerprint density at radius 2 is 2.18 bits per heavy atom. The Hall–Kier alpha value is -1.55. The highest BCUT2D eigenvalue weighted by atomic mass is 32.1. The zero-order valence-corrected chi connectivity index (χ0v) is 10.9. The molecule has 2 rings (SSSR count). The molecule has 1 aromatic carbocycles. The van der Waals surface area contributed by atoms with Crippen LogP contribution in [0, 0.1) is 0 Å². The summed E-state index contributed by atoms with van der Waals surface area (Å²) in [5.74, 6) is 0.147. The summed E-state index contributed by atoms with van der Waals surface area (Å²) in [6.07, 6.45) is 0.522. The molecule has 0 atom stereocenters. The summed E-state index contributed by atoms with van der Waals surface area (Å²) in [6, 6.07) is 8.39. The molecule has 0 unspecified atom stereocenters. The molecule has 1 amide bonds. The van der Waals surface area contributed by atoms with Gasteiger partial charge in [-0.05, 0) is 35.0 Å². The van der Waals surface area contributed by atoms with Crippen LogP contribution in [-0.4, -0.2) is 31.4 Å². The number of amides is 1. The smallest absolute Gasteiger partial charge is 0.223 e. The predicted octanol–water partition coefficient (Wildman–Crippen LogP) is 2.79. The number of thiophene rings is 1. The van der Waals surface area contributed by atoms with E-state index in [1.807, 2.05) is 0 Å². The van der Waals surface area contributed by atoms with E-state index in [-0.39, 0.29) is 5.91 Å². The monoisotopic (exact) mass is 248 g/mol. The summed E-state index contributed by atoms with van der Waals surface area (Å²) in [7, 11) is 3.56. The van der Waals surface area contributed by atoms with Gasteiger partial charge in [0.05, 0.1) is 0 Å². The maximum absolute atomic E-state index is 11.4. The van der Waals surface area contributed by atoms with E-state index in [0.717, 1.165) is 5.69 Å². The van der Waals surface area contributed by atoms with Crippen LogP contribution < -0.4 is 5.32 Å².